The maximum Gasteiger partial charge on any atom is 0.0809 e. The molecule has 3 nitrogen and oxygen atoms in total. The lowest BCUT2D eigenvalue weighted by Crippen LogP contribution is -2.18. The summed E-state index contributed by atoms with van der Waals surface area (Å²) in [5.41, 5.74) is 3.29. The Labute approximate surface area is 158 Å². The van der Waals surface area contributed by atoms with Gasteiger partial charge in [-0.25, -0.2) is 4.98 Å². The van der Waals surface area contributed by atoms with E-state index in [1.54, 1.807) is 0 Å². The van der Waals surface area contributed by atoms with E-state index >= 15 is 0 Å². The van der Waals surface area contributed by atoms with Crippen LogP contribution in [-0.2, 0) is 0 Å². The zero-order chi connectivity index (χ0) is 18.2. The molecule has 4 aromatic carbocycles. The fraction of sp³-hybridized carbons (Fsp3) is 0.125. The van der Waals surface area contributed by atoms with Crippen LogP contribution in [0.3, 0.4) is 0 Å². The second kappa shape index (κ2) is 6.53. The van der Waals surface area contributed by atoms with E-state index in [-0.39, 0.29) is 0 Å². The topological polar surface area (TPSA) is 37.0 Å². The SMILES string of the molecule is CNCCNc1c2ccc3ccccc3c2nc2c1ccc1ccccc12. The van der Waals surface area contributed by atoms with Crippen molar-refractivity contribution in [2.24, 2.45) is 0 Å². The molecule has 132 valence electrons. The van der Waals surface area contributed by atoms with Gasteiger partial charge in [-0.05, 0) is 17.8 Å². The van der Waals surface area contributed by atoms with E-state index in [1.165, 1.54) is 38.0 Å². The highest BCUT2D eigenvalue weighted by atomic mass is 14.9. The second-order valence-corrected chi connectivity index (χ2v) is 6.88. The molecule has 1 heterocycles. The number of anilines is 1. The minimum Gasteiger partial charge on any atom is -0.383 e. The Bertz CT molecular complexity index is 1200. The van der Waals surface area contributed by atoms with Gasteiger partial charge in [-0.3, -0.25) is 0 Å². The number of benzene rings is 4. The van der Waals surface area contributed by atoms with E-state index in [2.05, 4.69) is 83.4 Å². The molecule has 0 saturated heterocycles. The van der Waals surface area contributed by atoms with Crippen molar-refractivity contribution in [1.29, 1.82) is 0 Å². The summed E-state index contributed by atoms with van der Waals surface area (Å²) in [7, 11) is 1.98. The van der Waals surface area contributed by atoms with Gasteiger partial charge in [-0.15, -0.1) is 0 Å². The van der Waals surface area contributed by atoms with Crippen molar-refractivity contribution >= 4 is 49.0 Å². The van der Waals surface area contributed by atoms with E-state index < -0.39 is 0 Å². The average Bonchev–Trinajstić information content (AvgIpc) is 2.73. The molecule has 5 rings (SSSR count). The Morgan fingerprint density at radius 3 is 1.74 bits per heavy atom. The highest BCUT2D eigenvalue weighted by Gasteiger charge is 2.13. The Kier molecular flexibility index (Phi) is 3.88. The van der Waals surface area contributed by atoms with Gasteiger partial charge in [0.2, 0.25) is 0 Å². The molecule has 0 aliphatic heterocycles. The third-order valence-electron chi connectivity index (χ3n) is 5.24. The van der Waals surface area contributed by atoms with Crippen LogP contribution in [0.2, 0.25) is 0 Å². The van der Waals surface area contributed by atoms with E-state index in [4.69, 9.17) is 4.98 Å². The molecule has 0 amide bonds. The zero-order valence-electron chi connectivity index (χ0n) is 15.3. The summed E-state index contributed by atoms with van der Waals surface area (Å²) >= 11 is 0. The molecule has 0 fully saturated rings. The number of nitrogens with one attached hydrogen (secondary N) is 2. The first-order valence-corrected chi connectivity index (χ1v) is 9.38. The second-order valence-electron chi connectivity index (χ2n) is 6.88. The van der Waals surface area contributed by atoms with Crippen LogP contribution in [-0.4, -0.2) is 25.1 Å². The summed E-state index contributed by atoms with van der Waals surface area (Å²) < 4.78 is 0. The van der Waals surface area contributed by atoms with Gasteiger partial charge < -0.3 is 10.6 Å². The summed E-state index contributed by atoms with van der Waals surface area (Å²) in [6, 6.07) is 25.7. The fourth-order valence-corrected chi connectivity index (χ4v) is 3.91. The molecule has 0 atom stereocenters. The van der Waals surface area contributed by atoms with Crippen LogP contribution >= 0.6 is 0 Å². The van der Waals surface area contributed by atoms with Crippen LogP contribution < -0.4 is 10.6 Å². The van der Waals surface area contributed by atoms with Crippen molar-refractivity contribution in [3.63, 3.8) is 0 Å². The quantitative estimate of drug-likeness (QED) is 0.261. The van der Waals surface area contributed by atoms with Gasteiger partial charge in [0.1, 0.15) is 0 Å². The molecule has 27 heavy (non-hydrogen) atoms. The lowest BCUT2D eigenvalue weighted by Gasteiger charge is -2.15. The van der Waals surface area contributed by atoms with Crippen molar-refractivity contribution in [2.45, 2.75) is 0 Å². The van der Waals surface area contributed by atoms with Crippen LogP contribution in [0.15, 0.2) is 72.8 Å². The van der Waals surface area contributed by atoms with Crippen molar-refractivity contribution < 1.29 is 0 Å². The number of likely N-dealkylation sites (N-methyl/N-ethyl adjacent to an activating group) is 1. The molecule has 3 heteroatoms. The maximum atomic E-state index is 5.17. The first kappa shape index (κ1) is 16.0. The Hall–Kier alpha value is -3.17. The Morgan fingerprint density at radius 1 is 0.630 bits per heavy atom. The number of hydrogen-bond acceptors (Lipinski definition) is 3. The Balaban J connectivity index is 1.93. The average molecular weight is 351 g/mol. The van der Waals surface area contributed by atoms with Crippen LogP contribution in [0, 0.1) is 0 Å². The molecular weight excluding hydrogens is 330 g/mol. The third kappa shape index (κ3) is 2.59. The number of pyridine rings is 1. The lowest BCUT2D eigenvalue weighted by molar-refractivity contribution is 0.825. The monoisotopic (exact) mass is 351 g/mol. The van der Waals surface area contributed by atoms with E-state index in [1.807, 2.05) is 7.05 Å². The van der Waals surface area contributed by atoms with Crippen LogP contribution in [0.4, 0.5) is 5.69 Å². The maximum absolute atomic E-state index is 5.17. The minimum atomic E-state index is 0.865. The fourth-order valence-electron chi connectivity index (χ4n) is 3.91. The van der Waals surface area contributed by atoms with Crippen molar-refractivity contribution in [3.05, 3.63) is 72.8 Å². The van der Waals surface area contributed by atoms with Crippen LogP contribution in [0.25, 0.3) is 43.4 Å². The molecule has 0 aliphatic carbocycles. The number of hydrogen-bond donors (Lipinski definition) is 2. The predicted octanol–water partition coefficient (Wildman–Crippen LogP) is 5.33. The van der Waals surface area contributed by atoms with Gasteiger partial charge in [0.25, 0.3) is 0 Å². The van der Waals surface area contributed by atoms with E-state index in [0.717, 1.165) is 24.1 Å². The van der Waals surface area contributed by atoms with Gasteiger partial charge in [-0.2, -0.15) is 0 Å². The molecular formula is C24H21N3. The van der Waals surface area contributed by atoms with E-state index in [9.17, 15) is 0 Å². The Morgan fingerprint density at radius 2 is 1.19 bits per heavy atom. The molecule has 0 aliphatic rings. The van der Waals surface area contributed by atoms with Crippen LogP contribution in [0.1, 0.15) is 0 Å². The van der Waals surface area contributed by atoms with E-state index in [0.29, 0.717) is 0 Å². The van der Waals surface area contributed by atoms with Crippen molar-refractivity contribution in [2.75, 3.05) is 25.5 Å². The number of fused-ring (bicyclic) bond motifs is 6. The highest BCUT2D eigenvalue weighted by Crippen LogP contribution is 2.37. The first-order valence-electron chi connectivity index (χ1n) is 9.38. The number of aromatic nitrogens is 1. The first-order chi connectivity index (χ1) is 13.4. The highest BCUT2D eigenvalue weighted by molar-refractivity contribution is 6.20. The predicted molar refractivity (Wildman–Crippen MR) is 117 cm³/mol. The minimum absolute atomic E-state index is 0.865. The molecule has 0 spiro atoms. The number of nitrogens with zero attached hydrogens (tertiary/aromatic N) is 1. The van der Waals surface area contributed by atoms with Crippen molar-refractivity contribution in [1.82, 2.24) is 10.3 Å². The summed E-state index contributed by atoms with van der Waals surface area (Å²) in [4.78, 5) is 5.17. The summed E-state index contributed by atoms with van der Waals surface area (Å²) in [5, 5.41) is 14.1. The standard InChI is InChI=1S/C24H21N3/c1-25-14-15-26-22-20-12-10-16-6-2-4-8-18(16)23(20)27-24-19-9-5-3-7-17(19)11-13-21(22)24/h2-13,25H,14-15H2,1H3,(H,26,27). The van der Waals surface area contributed by atoms with Gasteiger partial charge in [0, 0.05) is 34.6 Å². The zero-order valence-corrected chi connectivity index (χ0v) is 15.3. The largest absolute Gasteiger partial charge is 0.383 e. The molecule has 1 aromatic heterocycles. The molecule has 0 bridgehead atoms. The molecule has 5 aromatic rings. The molecule has 0 unspecified atom stereocenters. The third-order valence-corrected chi connectivity index (χ3v) is 5.24. The number of rotatable bonds is 4. The van der Waals surface area contributed by atoms with Crippen molar-refractivity contribution in [3.8, 4) is 0 Å². The summed E-state index contributed by atoms with van der Waals surface area (Å²) in [6.07, 6.45) is 0. The van der Waals surface area contributed by atoms with Gasteiger partial charge >= 0.3 is 0 Å². The normalized spacial score (nSPS) is 11.6. The smallest absolute Gasteiger partial charge is 0.0809 e. The lowest BCUT2D eigenvalue weighted by atomic mass is 9.99. The molecule has 2 N–H and O–H groups in total. The molecule has 0 radical (unpaired) electrons. The summed E-state index contributed by atoms with van der Waals surface area (Å²) in [6.45, 7) is 1.77. The summed E-state index contributed by atoms with van der Waals surface area (Å²) in [5.74, 6) is 0. The van der Waals surface area contributed by atoms with Gasteiger partial charge in [0.15, 0.2) is 0 Å². The van der Waals surface area contributed by atoms with Crippen LogP contribution in [0.5, 0.6) is 0 Å². The van der Waals surface area contributed by atoms with Gasteiger partial charge in [-0.1, -0.05) is 72.8 Å². The molecule has 0 saturated carbocycles. The van der Waals surface area contributed by atoms with Gasteiger partial charge in [0.05, 0.1) is 16.7 Å².